The highest BCUT2D eigenvalue weighted by atomic mass is 16.5. The Morgan fingerprint density at radius 1 is 1.14 bits per heavy atom. The standard InChI is InChI=1S/C27H27N7O2/c1-2-25(35)31-20-7-3-5-18(13-20)23-8-4-6-19-15-30-27(33-26(19)23)32-21-9-10-24(29-16-21)34-11-12-36-22(14-28)17-34/h2-10,13,15-16,22H,1,11-12,14,17,28H2,(H,31,35)(H,30,32,33). The van der Waals surface area contributed by atoms with Gasteiger partial charge < -0.3 is 26.0 Å². The maximum absolute atomic E-state index is 11.7. The van der Waals surface area contributed by atoms with E-state index in [0.717, 1.165) is 46.6 Å². The van der Waals surface area contributed by atoms with Gasteiger partial charge in [0.05, 0.1) is 30.1 Å². The smallest absolute Gasteiger partial charge is 0.247 e. The molecule has 1 fully saturated rings. The van der Waals surface area contributed by atoms with Crippen molar-refractivity contribution in [2.75, 3.05) is 41.8 Å². The Bertz CT molecular complexity index is 1390. The number of fused-ring (bicyclic) bond motifs is 1. The molecule has 4 aromatic rings. The fraction of sp³-hybridized carbons (Fsp3) is 0.185. The second kappa shape index (κ2) is 10.5. The molecule has 1 atom stereocenters. The van der Waals surface area contributed by atoms with Crippen LogP contribution in [0.1, 0.15) is 0 Å². The van der Waals surface area contributed by atoms with E-state index in [9.17, 15) is 4.79 Å². The Labute approximate surface area is 209 Å². The molecular formula is C27H27N7O2. The first-order valence-corrected chi connectivity index (χ1v) is 11.7. The molecule has 36 heavy (non-hydrogen) atoms. The zero-order valence-corrected chi connectivity index (χ0v) is 19.7. The molecule has 1 amide bonds. The summed E-state index contributed by atoms with van der Waals surface area (Å²) in [4.78, 5) is 27.8. The number of morpholine rings is 1. The lowest BCUT2D eigenvalue weighted by Gasteiger charge is -2.33. The number of rotatable bonds is 7. The summed E-state index contributed by atoms with van der Waals surface area (Å²) in [6.07, 6.45) is 4.83. The normalized spacial score (nSPS) is 15.5. The van der Waals surface area contributed by atoms with Gasteiger partial charge in [-0.25, -0.2) is 15.0 Å². The highest BCUT2D eigenvalue weighted by molar-refractivity contribution is 6.00. The second-order valence-electron chi connectivity index (χ2n) is 8.42. The summed E-state index contributed by atoms with van der Waals surface area (Å²) in [6, 6.07) is 17.5. The van der Waals surface area contributed by atoms with E-state index in [2.05, 4.69) is 32.1 Å². The van der Waals surface area contributed by atoms with Crippen molar-refractivity contribution in [1.29, 1.82) is 0 Å². The van der Waals surface area contributed by atoms with Crippen LogP contribution in [0.15, 0.2) is 79.6 Å². The van der Waals surface area contributed by atoms with E-state index < -0.39 is 0 Å². The second-order valence-corrected chi connectivity index (χ2v) is 8.42. The molecule has 5 rings (SSSR count). The number of nitrogens with two attached hydrogens (primary N) is 1. The van der Waals surface area contributed by atoms with Crippen LogP contribution in [0.2, 0.25) is 0 Å². The molecule has 0 spiro atoms. The molecule has 3 heterocycles. The molecule has 0 aliphatic carbocycles. The van der Waals surface area contributed by atoms with Gasteiger partial charge in [-0.2, -0.15) is 0 Å². The van der Waals surface area contributed by atoms with Gasteiger partial charge in [-0.05, 0) is 35.9 Å². The van der Waals surface area contributed by atoms with Crippen LogP contribution in [0.5, 0.6) is 0 Å². The van der Waals surface area contributed by atoms with Crippen molar-refractivity contribution < 1.29 is 9.53 Å². The van der Waals surface area contributed by atoms with Crippen molar-refractivity contribution in [1.82, 2.24) is 15.0 Å². The summed E-state index contributed by atoms with van der Waals surface area (Å²) in [5.74, 6) is 1.09. The average Bonchev–Trinajstić information content (AvgIpc) is 2.93. The van der Waals surface area contributed by atoms with Gasteiger partial charge in [0, 0.05) is 42.5 Å². The van der Waals surface area contributed by atoms with Gasteiger partial charge in [0.25, 0.3) is 0 Å². The van der Waals surface area contributed by atoms with Crippen molar-refractivity contribution in [3.63, 3.8) is 0 Å². The van der Waals surface area contributed by atoms with Gasteiger partial charge in [0.1, 0.15) is 5.82 Å². The van der Waals surface area contributed by atoms with E-state index >= 15 is 0 Å². The third-order valence-corrected chi connectivity index (χ3v) is 5.97. The minimum Gasteiger partial charge on any atom is -0.373 e. The Kier molecular flexibility index (Phi) is 6.83. The van der Waals surface area contributed by atoms with Crippen molar-refractivity contribution in [2.45, 2.75) is 6.10 Å². The van der Waals surface area contributed by atoms with Gasteiger partial charge in [-0.3, -0.25) is 4.79 Å². The van der Waals surface area contributed by atoms with Gasteiger partial charge in [-0.15, -0.1) is 0 Å². The lowest BCUT2D eigenvalue weighted by Crippen LogP contribution is -2.46. The highest BCUT2D eigenvalue weighted by Gasteiger charge is 2.20. The third-order valence-electron chi connectivity index (χ3n) is 5.97. The van der Waals surface area contributed by atoms with Crippen molar-refractivity contribution in [3.05, 3.63) is 79.6 Å². The first kappa shape index (κ1) is 23.4. The number of hydrogen-bond donors (Lipinski definition) is 3. The Hall–Kier alpha value is -4.34. The van der Waals surface area contributed by atoms with Gasteiger partial charge in [-0.1, -0.05) is 36.9 Å². The van der Waals surface area contributed by atoms with E-state index in [1.165, 1.54) is 6.08 Å². The van der Waals surface area contributed by atoms with Crippen LogP contribution in [0.4, 0.5) is 23.1 Å². The predicted molar refractivity (Wildman–Crippen MR) is 142 cm³/mol. The molecule has 0 radical (unpaired) electrons. The molecule has 1 aliphatic heterocycles. The Morgan fingerprint density at radius 2 is 2.03 bits per heavy atom. The number of carbonyl (C=O) groups excluding carboxylic acids is 1. The van der Waals surface area contributed by atoms with Crippen LogP contribution in [0.3, 0.4) is 0 Å². The number of anilines is 4. The van der Waals surface area contributed by atoms with Crippen molar-refractivity contribution in [2.24, 2.45) is 5.73 Å². The number of para-hydroxylation sites is 1. The molecule has 9 nitrogen and oxygen atoms in total. The zero-order valence-electron chi connectivity index (χ0n) is 19.7. The molecule has 2 aromatic heterocycles. The molecule has 9 heteroatoms. The maximum Gasteiger partial charge on any atom is 0.247 e. The molecule has 4 N–H and O–H groups in total. The number of carbonyl (C=O) groups is 1. The quantitative estimate of drug-likeness (QED) is 0.342. The number of benzene rings is 2. The van der Waals surface area contributed by atoms with Crippen LogP contribution >= 0.6 is 0 Å². The molecule has 0 bridgehead atoms. The highest BCUT2D eigenvalue weighted by Crippen LogP contribution is 2.30. The van der Waals surface area contributed by atoms with Gasteiger partial charge in [0.2, 0.25) is 11.9 Å². The SMILES string of the molecule is C=CC(=O)Nc1cccc(-c2cccc3cnc(Nc4ccc(N5CCOC(CN)C5)nc4)nc23)c1. The first-order chi connectivity index (χ1) is 17.6. The Balaban J connectivity index is 1.38. The number of nitrogens with one attached hydrogen (secondary N) is 2. The summed E-state index contributed by atoms with van der Waals surface area (Å²) < 4.78 is 5.64. The molecule has 2 aromatic carbocycles. The number of nitrogens with zero attached hydrogens (tertiary/aromatic N) is 4. The molecule has 182 valence electrons. The molecule has 1 saturated heterocycles. The van der Waals surface area contributed by atoms with E-state index in [0.29, 0.717) is 24.8 Å². The van der Waals surface area contributed by atoms with Crippen LogP contribution in [0.25, 0.3) is 22.0 Å². The third kappa shape index (κ3) is 5.17. The van der Waals surface area contributed by atoms with E-state index in [-0.39, 0.29) is 12.0 Å². The average molecular weight is 482 g/mol. The first-order valence-electron chi connectivity index (χ1n) is 11.7. The minimum atomic E-state index is -0.258. The summed E-state index contributed by atoms with van der Waals surface area (Å²) >= 11 is 0. The summed E-state index contributed by atoms with van der Waals surface area (Å²) in [6.45, 7) is 6.15. The fourth-order valence-corrected chi connectivity index (χ4v) is 4.15. The molecule has 1 unspecified atom stereocenters. The number of aromatic nitrogens is 3. The number of pyridine rings is 1. The van der Waals surface area contributed by atoms with Crippen LogP contribution < -0.4 is 21.3 Å². The Morgan fingerprint density at radius 3 is 2.83 bits per heavy atom. The fourth-order valence-electron chi connectivity index (χ4n) is 4.15. The minimum absolute atomic E-state index is 0.0255. The van der Waals surface area contributed by atoms with Crippen LogP contribution in [-0.2, 0) is 9.53 Å². The zero-order chi connectivity index (χ0) is 24.9. The summed E-state index contributed by atoms with van der Waals surface area (Å²) in [5, 5.41) is 6.97. The van der Waals surface area contributed by atoms with Crippen LogP contribution in [0, 0.1) is 0 Å². The van der Waals surface area contributed by atoms with Crippen molar-refractivity contribution in [3.8, 4) is 11.1 Å². The largest absolute Gasteiger partial charge is 0.373 e. The predicted octanol–water partition coefficient (Wildman–Crippen LogP) is 3.72. The summed E-state index contributed by atoms with van der Waals surface area (Å²) in [5.41, 5.74) is 9.89. The molecular weight excluding hydrogens is 454 g/mol. The maximum atomic E-state index is 11.7. The van der Waals surface area contributed by atoms with E-state index in [1.54, 1.807) is 12.4 Å². The van der Waals surface area contributed by atoms with Gasteiger partial charge in [0.15, 0.2) is 0 Å². The van der Waals surface area contributed by atoms with Gasteiger partial charge >= 0.3 is 0 Å². The van der Waals surface area contributed by atoms with Crippen molar-refractivity contribution >= 4 is 40.0 Å². The monoisotopic (exact) mass is 481 g/mol. The number of hydrogen-bond acceptors (Lipinski definition) is 8. The van der Waals surface area contributed by atoms with Crippen LogP contribution in [-0.4, -0.2) is 53.2 Å². The lowest BCUT2D eigenvalue weighted by atomic mass is 10.0. The number of amides is 1. The topological polar surface area (TPSA) is 118 Å². The summed E-state index contributed by atoms with van der Waals surface area (Å²) in [7, 11) is 0. The van der Waals surface area contributed by atoms with E-state index in [4.69, 9.17) is 15.5 Å². The molecule has 1 aliphatic rings. The van der Waals surface area contributed by atoms with E-state index in [1.807, 2.05) is 54.6 Å². The molecule has 0 saturated carbocycles. The lowest BCUT2D eigenvalue weighted by molar-refractivity contribution is -0.111. The number of ether oxygens (including phenoxy) is 1.